The smallest absolute Gasteiger partial charge is 0.320 e. The summed E-state index contributed by atoms with van der Waals surface area (Å²) < 4.78 is 29.4. The predicted octanol–water partition coefficient (Wildman–Crippen LogP) is 6.32. The van der Waals surface area contributed by atoms with Gasteiger partial charge in [-0.1, -0.05) is 78.1 Å². The maximum atomic E-state index is 12.3. The van der Waals surface area contributed by atoms with Crippen LogP contribution in [0, 0.1) is 0 Å². The van der Waals surface area contributed by atoms with Crippen LogP contribution < -0.4 is 0 Å². The molecule has 0 rings (SSSR count). The molecule has 0 aliphatic rings. The van der Waals surface area contributed by atoms with Crippen LogP contribution >= 0.6 is 0 Å². The molecule has 0 aliphatic heterocycles. The SMILES string of the molecule is CCCCCCCC(CCCCCCC)OC(F)F. The first-order valence-electron chi connectivity index (χ1n) is 8.14. The monoisotopic (exact) mass is 278 g/mol. The van der Waals surface area contributed by atoms with Crippen LogP contribution in [0.15, 0.2) is 0 Å². The molecule has 0 aromatic rings. The van der Waals surface area contributed by atoms with Gasteiger partial charge in [0.1, 0.15) is 0 Å². The molecule has 3 heteroatoms. The number of unbranched alkanes of at least 4 members (excludes halogenated alkanes) is 8. The van der Waals surface area contributed by atoms with Gasteiger partial charge >= 0.3 is 6.61 Å². The number of halogens is 2. The predicted molar refractivity (Wildman–Crippen MR) is 77.6 cm³/mol. The maximum absolute atomic E-state index is 12.3. The van der Waals surface area contributed by atoms with Gasteiger partial charge in [-0.3, -0.25) is 0 Å². The molecule has 0 bridgehead atoms. The van der Waals surface area contributed by atoms with Crippen LogP contribution in [0.4, 0.5) is 8.78 Å². The van der Waals surface area contributed by atoms with Crippen molar-refractivity contribution in [3.8, 4) is 0 Å². The zero-order valence-corrected chi connectivity index (χ0v) is 12.8. The van der Waals surface area contributed by atoms with E-state index in [-0.39, 0.29) is 6.10 Å². The second-order valence-electron chi connectivity index (χ2n) is 5.42. The summed E-state index contributed by atoms with van der Waals surface area (Å²) in [6.45, 7) is 1.74. The number of hydrogen-bond donors (Lipinski definition) is 0. The molecule has 0 aromatic carbocycles. The first kappa shape index (κ1) is 18.8. The summed E-state index contributed by atoms with van der Waals surface area (Å²) in [6.07, 6.45) is 13.0. The minimum Gasteiger partial charge on any atom is -0.320 e. The van der Waals surface area contributed by atoms with Gasteiger partial charge in [0.05, 0.1) is 6.10 Å². The van der Waals surface area contributed by atoms with Crippen LogP contribution in [-0.4, -0.2) is 12.7 Å². The fourth-order valence-electron chi connectivity index (χ4n) is 2.38. The van der Waals surface area contributed by atoms with Gasteiger partial charge in [0.15, 0.2) is 0 Å². The summed E-state index contributed by atoms with van der Waals surface area (Å²) in [5.41, 5.74) is 0. The molecule has 0 aliphatic carbocycles. The number of alkyl halides is 2. The fraction of sp³-hybridized carbons (Fsp3) is 1.00. The first-order chi connectivity index (χ1) is 9.20. The Balaban J connectivity index is 3.63. The molecule has 0 unspecified atom stereocenters. The Morgan fingerprint density at radius 2 is 1.11 bits per heavy atom. The van der Waals surface area contributed by atoms with Crippen molar-refractivity contribution in [3.63, 3.8) is 0 Å². The highest BCUT2D eigenvalue weighted by molar-refractivity contribution is 4.60. The zero-order valence-electron chi connectivity index (χ0n) is 12.8. The molecule has 1 nitrogen and oxygen atoms in total. The molecule has 0 N–H and O–H groups in total. The average molecular weight is 278 g/mol. The lowest BCUT2D eigenvalue weighted by Crippen LogP contribution is -2.16. The molecule has 116 valence electrons. The second kappa shape index (κ2) is 14.2. The molecule has 0 radical (unpaired) electrons. The largest absolute Gasteiger partial charge is 0.345 e. The molecule has 0 saturated heterocycles. The topological polar surface area (TPSA) is 9.23 Å². The van der Waals surface area contributed by atoms with Crippen LogP contribution in [0.2, 0.25) is 0 Å². The Labute approximate surface area is 118 Å². The zero-order chi connectivity index (χ0) is 14.3. The van der Waals surface area contributed by atoms with Crippen molar-refractivity contribution in [1.29, 1.82) is 0 Å². The van der Waals surface area contributed by atoms with E-state index < -0.39 is 6.61 Å². The number of rotatable bonds is 14. The molecule has 0 spiro atoms. The van der Waals surface area contributed by atoms with Crippen LogP contribution in [0.5, 0.6) is 0 Å². The van der Waals surface area contributed by atoms with E-state index in [4.69, 9.17) is 4.74 Å². The molecule has 0 heterocycles. The second-order valence-corrected chi connectivity index (χ2v) is 5.42. The normalized spacial score (nSPS) is 11.7. The van der Waals surface area contributed by atoms with E-state index in [9.17, 15) is 8.78 Å². The van der Waals surface area contributed by atoms with Crippen molar-refractivity contribution >= 4 is 0 Å². The summed E-state index contributed by atoms with van der Waals surface area (Å²) in [6, 6.07) is 0. The van der Waals surface area contributed by atoms with Crippen LogP contribution in [-0.2, 0) is 4.74 Å². The molecule has 0 aromatic heterocycles. The van der Waals surface area contributed by atoms with Crippen LogP contribution in [0.25, 0.3) is 0 Å². The van der Waals surface area contributed by atoms with Gasteiger partial charge in [0.2, 0.25) is 0 Å². The molecular weight excluding hydrogens is 246 g/mol. The lowest BCUT2D eigenvalue weighted by Gasteiger charge is -2.17. The maximum Gasteiger partial charge on any atom is 0.345 e. The number of ether oxygens (including phenoxy) is 1. The van der Waals surface area contributed by atoms with E-state index >= 15 is 0 Å². The Hall–Kier alpha value is -0.180. The lowest BCUT2D eigenvalue weighted by molar-refractivity contribution is -0.166. The van der Waals surface area contributed by atoms with Gasteiger partial charge in [-0.05, 0) is 12.8 Å². The highest BCUT2D eigenvalue weighted by Gasteiger charge is 2.14. The van der Waals surface area contributed by atoms with Gasteiger partial charge in [-0.15, -0.1) is 0 Å². The Morgan fingerprint density at radius 3 is 1.47 bits per heavy atom. The lowest BCUT2D eigenvalue weighted by atomic mass is 10.0. The third-order valence-electron chi connectivity index (χ3n) is 3.55. The van der Waals surface area contributed by atoms with Crippen molar-refractivity contribution in [2.24, 2.45) is 0 Å². The van der Waals surface area contributed by atoms with Gasteiger partial charge in [-0.25, -0.2) is 0 Å². The van der Waals surface area contributed by atoms with E-state index in [1.807, 2.05) is 0 Å². The van der Waals surface area contributed by atoms with Crippen molar-refractivity contribution in [1.82, 2.24) is 0 Å². The van der Waals surface area contributed by atoms with Crippen molar-refractivity contribution < 1.29 is 13.5 Å². The summed E-state index contributed by atoms with van der Waals surface area (Å²) >= 11 is 0. The summed E-state index contributed by atoms with van der Waals surface area (Å²) in [5.74, 6) is 0. The third kappa shape index (κ3) is 14.0. The Morgan fingerprint density at radius 1 is 0.684 bits per heavy atom. The third-order valence-corrected chi connectivity index (χ3v) is 3.55. The summed E-state index contributed by atoms with van der Waals surface area (Å²) in [7, 11) is 0. The van der Waals surface area contributed by atoms with Gasteiger partial charge in [0.25, 0.3) is 0 Å². The quantitative estimate of drug-likeness (QED) is 0.338. The first-order valence-corrected chi connectivity index (χ1v) is 8.14. The van der Waals surface area contributed by atoms with Crippen molar-refractivity contribution in [2.45, 2.75) is 104 Å². The number of hydrogen-bond acceptors (Lipinski definition) is 1. The highest BCUT2D eigenvalue weighted by Crippen LogP contribution is 2.18. The van der Waals surface area contributed by atoms with Crippen LogP contribution in [0.1, 0.15) is 90.9 Å². The summed E-state index contributed by atoms with van der Waals surface area (Å²) in [5, 5.41) is 0. The van der Waals surface area contributed by atoms with Crippen molar-refractivity contribution in [2.75, 3.05) is 0 Å². The average Bonchev–Trinajstić information content (AvgIpc) is 2.37. The molecule has 0 amide bonds. The molecule has 0 atom stereocenters. The van der Waals surface area contributed by atoms with Crippen molar-refractivity contribution in [3.05, 3.63) is 0 Å². The standard InChI is InChI=1S/C16H32F2O/c1-3-5-7-9-11-13-15(19-16(17)18)14-12-10-8-6-4-2/h15-16H,3-14H2,1-2H3. The van der Waals surface area contributed by atoms with E-state index in [2.05, 4.69) is 13.8 Å². The highest BCUT2D eigenvalue weighted by atomic mass is 19.3. The van der Waals surface area contributed by atoms with Gasteiger partial charge < -0.3 is 4.74 Å². The molecule has 19 heavy (non-hydrogen) atoms. The minimum atomic E-state index is -2.61. The molecule has 0 saturated carbocycles. The van der Waals surface area contributed by atoms with Gasteiger partial charge in [0, 0.05) is 0 Å². The van der Waals surface area contributed by atoms with E-state index in [0.717, 1.165) is 38.5 Å². The Bertz CT molecular complexity index is 160. The molecular formula is C16H32F2O. The molecule has 0 fully saturated rings. The van der Waals surface area contributed by atoms with E-state index in [1.165, 1.54) is 38.5 Å². The minimum absolute atomic E-state index is 0.233. The Kier molecular flexibility index (Phi) is 14.1. The van der Waals surface area contributed by atoms with Crippen LogP contribution in [0.3, 0.4) is 0 Å². The van der Waals surface area contributed by atoms with Gasteiger partial charge in [-0.2, -0.15) is 8.78 Å². The van der Waals surface area contributed by atoms with E-state index in [0.29, 0.717) is 0 Å². The van der Waals surface area contributed by atoms with E-state index in [1.54, 1.807) is 0 Å². The summed E-state index contributed by atoms with van der Waals surface area (Å²) in [4.78, 5) is 0. The fourth-order valence-corrected chi connectivity index (χ4v) is 2.38.